The van der Waals surface area contributed by atoms with Gasteiger partial charge in [0, 0.05) is 31.6 Å². The van der Waals surface area contributed by atoms with Gasteiger partial charge in [0.15, 0.2) is 0 Å². The predicted octanol–water partition coefficient (Wildman–Crippen LogP) is 2.14. The molecule has 1 aromatic heterocycles. The van der Waals surface area contributed by atoms with Gasteiger partial charge in [-0.15, -0.1) is 0 Å². The molecule has 5 heteroatoms. The van der Waals surface area contributed by atoms with Gasteiger partial charge in [-0.1, -0.05) is 12.5 Å². The summed E-state index contributed by atoms with van der Waals surface area (Å²) in [4.78, 5) is 31.2. The number of anilines is 1. The van der Waals surface area contributed by atoms with Gasteiger partial charge in [-0.2, -0.15) is 0 Å². The summed E-state index contributed by atoms with van der Waals surface area (Å²) in [7, 11) is 2.08. The highest BCUT2D eigenvalue weighted by atomic mass is 16.2. The third-order valence-corrected chi connectivity index (χ3v) is 3.79. The Labute approximate surface area is 119 Å². The van der Waals surface area contributed by atoms with Crippen molar-refractivity contribution in [3.05, 3.63) is 23.9 Å². The summed E-state index contributed by atoms with van der Waals surface area (Å²) in [6.07, 6.45) is 4.99. The van der Waals surface area contributed by atoms with Crippen molar-refractivity contribution in [1.29, 1.82) is 0 Å². The largest absolute Gasteiger partial charge is 0.299 e. The molecule has 2 rings (SSSR count). The minimum absolute atomic E-state index is 0.216. The van der Waals surface area contributed by atoms with E-state index in [1.54, 1.807) is 6.20 Å². The highest BCUT2D eigenvalue weighted by molar-refractivity contribution is 6.12. The summed E-state index contributed by atoms with van der Waals surface area (Å²) >= 11 is 0. The molecule has 1 fully saturated rings. The van der Waals surface area contributed by atoms with E-state index in [-0.39, 0.29) is 17.9 Å². The molecule has 0 aliphatic carbocycles. The Bertz CT molecular complexity index is 502. The Kier molecular flexibility index (Phi) is 4.49. The monoisotopic (exact) mass is 275 g/mol. The molecule has 2 amide bonds. The van der Waals surface area contributed by atoms with Crippen molar-refractivity contribution < 1.29 is 9.59 Å². The molecule has 0 saturated carbocycles. The Morgan fingerprint density at radius 3 is 2.60 bits per heavy atom. The number of likely N-dealkylation sites (tertiary alicyclic amines) is 1. The normalized spacial score (nSPS) is 19.6. The number of carbonyl (C=O) groups is 2. The summed E-state index contributed by atoms with van der Waals surface area (Å²) in [5.41, 5.74) is 0.958. The lowest BCUT2D eigenvalue weighted by Crippen LogP contribution is -2.37. The van der Waals surface area contributed by atoms with Crippen LogP contribution in [0, 0.1) is 0 Å². The summed E-state index contributed by atoms with van der Waals surface area (Å²) in [6, 6.07) is 4.04. The number of carbonyl (C=O) groups excluding carboxylic acids is 2. The Morgan fingerprint density at radius 1 is 1.30 bits per heavy atom. The first-order valence-corrected chi connectivity index (χ1v) is 6.98. The summed E-state index contributed by atoms with van der Waals surface area (Å²) < 4.78 is 0. The SMILES string of the molecule is CC(=O)N(C(C)=O)c1ncccc1C1CCCCN1C. The summed E-state index contributed by atoms with van der Waals surface area (Å²) in [5.74, 6) is -0.113. The zero-order chi connectivity index (χ0) is 14.7. The van der Waals surface area contributed by atoms with Gasteiger partial charge in [-0.05, 0) is 32.5 Å². The quantitative estimate of drug-likeness (QED) is 0.829. The molecule has 0 spiro atoms. The molecule has 1 aliphatic rings. The predicted molar refractivity (Wildman–Crippen MR) is 77.3 cm³/mol. The summed E-state index contributed by atoms with van der Waals surface area (Å²) in [6.45, 7) is 3.81. The lowest BCUT2D eigenvalue weighted by molar-refractivity contribution is -0.124. The van der Waals surface area contributed by atoms with Crippen LogP contribution >= 0.6 is 0 Å². The van der Waals surface area contributed by atoms with E-state index >= 15 is 0 Å². The first kappa shape index (κ1) is 14.7. The minimum Gasteiger partial charge on any atom is -0.299 e. The van der Waals surface area contributed by atoms with Crippen LogP contribution in [0.3, 0.4) is 0 Å². The van der Waals surface area contributed by atoms with E-state index in [0.717, 1.165) is 29.8 Å². The van der Waals surface area contributed by atoms with Crippen LogP contribution in [-0.4, -0.2) is 35.3 Å². The van der Waals surface area contributed by atoms with Crippen molar-refractivity contribution in [2.24, 2.45) is 0 Å². The number of aromatic nitrogens is 1. The number of pyridine rings is 1. The number of hydrogen-bond donors (Lipinski definition) is 0. The van der Waals surface area contributed by atoms with Gasteiger partial charge < -0.3 is 0 Å². The van der Waals surface area contributed by atoms with Crippen LogP contribution in [0.5, 0.6) is 0 Å². The van der Waals surface area contributed by atoms with Crippen molar-refractivity contribution in [3.63, 3.8) is 0 Å². The maximum absolute atomic E-state index is 11.8. The molecule has 0 N–H and O–H groups in total. The van der Waals surface area contributed by atoms with Crippen molar-refractivity contribution in [2.75, 3.05) is 18.5 Å². The molecule has 1 atom stereocenters. The molecule has 108 valence electrons. The van der Waals surface area contributed by atoms with E-state index in [0.29, 0.717) is 5.82 Å². The number of nitrogens with zero attached hydrogens (tertiary/aromatic N) is 3. The van der Waals surface area contributed by atoms with Crippen LogP contribution in [0.4, 0.5) is 5.82 Å². The zero-order valence-corrected chi connectivity index (χ0v) is 12.3. The van der Waals surface area contributed by atoms with Gasteiger partial charge in [0.2, 0.25) is 11.8 Å². The van der Waals surface area contributed by atoms with Crippen LogP contribution in [0.2, 0.25) is 0 Å². The number of rotatable bonds is 2. The fourth-order valence-corrected chi connectivity index (χ4v) is 2.84. The second-order valence-corrected chi connectivity index (χ2v) is 5.28. The van der Waals surface area contributed by atoms with E-state index in [9.17, 15) is 9.59 Å². The zero-order valence-electron chi connectivity index (χ0n) is 12.3. The minimum atomic E-state index is -0.295. The number of hydrogen-bond acceptors (Lipinski definition) is 4. The second kappa shape index (κ2) is 6.13. The molecular weight excluding hydrogens is 254 g/mol. The van der Waals surface area contributed by atoms with Crippen LogP contribution in [0.25, 0.3) is 0 Å². The maximum atomic E-state index is 11.8. The molecular formula is C15H21N3O2. The van der Waals surface area contributed by atoms with Crippen molar-refractivity contribution in [1.82, 2.24) is 9.88 Å². The number of imide groups is 1. The van der Waals surface area contributed by atoms with Crippen molar-refractivity contribution >= 4 is 17.6 Å². The molecule has 1 saturated heterocycles. The summed E-state index contributed by atoms with van der Waals surface area (Å²) in [5, 5.41) is 0. The molecule has 20 heavy (non-hydrogen) atoms. The van der Waals surface area contributed by atoms with Gasteiger partial charge in [-0.25, -0.2) is 9.88 Å². The number of amides is 2. The molecule has 1 aromatic rings. The fraction of sp³-hybridized carbons (Fsp3) is 0.533. The molecule has 5 nitrogen and oxygen atoms in total. The lowest BCUT2D eigenvalue weighted by Gasteiger charge is -2.34. The molecule has 1 aliphatic heterocycles. The van der Waals surface area contributed by atoms with E-state index in [4.69, 9.17) is 0 Å². The second-order valence-electron chi connectivity index (χ2n) is 5.28. The third-order valence-electron chi connectivity index (χ3n) is 3.79. The Hall–Kier alpha value is -1.75. The smallest absolute Gasteiger partial charge is 0.231 e. The van der Waals surface area contributed by atoms with Crippen LogP contribution in [0.1, 0.15) is 44.7 Å². The molecule has 1 unspecified atom stereocenters. The average Bonchev–Trinajstić information content (AvgIpc) is 2.39. The van der Waals surface area contributed by atoms with Crippen LogP contribution in [0.15, 0.2) is 18.3 Å². The van der Waals surface area contributed by atoms with Gasteiger partial charge in [0.25, 0.3) is 0 Å². The standard InChI is InChI=1S/C15H21N3O2/c1-11(19)18(12(2)20)15-13(7-6-9-16-15)14-8-4-5-10-17(14)3/h6-7,9,14H,4-5,8,10H2,1-3H3. The number of piperidine rings is 1. The molecule has 0 radical (unpaired) electrons. The van der Waals surface area contributed by atoms with E-state index in [1.807, 2.05) is 12.1 Å². The van der Waals surface area contributed by atoms with Crippen LogP contribution in [-0.2, 0) is 9.59 Å². The Morgan fingerprint density at radius 2 is 2.00 bits per heavy atom. The Balaban J connectivity index is 2.44. The molecule has 0 aromatic carbocycles. The van der Waals surface area contributed by atoms with E-state index in [1.165, 1.54) is 20.3 Å². The van der Waals surface area contributed by atoms with E-state index in [2.05, 4.69) is 16.9 Å². The highest BCUT2D eigenvalue weighted by Gasteiger charge is 2.28. The maximum Gasteiger partial charge on any atom is 0.231 e. The first-order chi connectivity index (χ1) is 9.52. The van der Waals surface area contributed by atoms with Gasteiger partial charge in [-0.3, -0.25) is 14.5 Å². The van der Waals surface area contributed by atoms with E-state index < -0.39 is 0 Å². The van der Waals surface area contributed by atoms with Crippen LogP contribution < -0.4 is 4.90 Å². The first-order valence-electron chi connectivity index (χ1n) is 6.98. The van der Waals surface area contributed by atoms with Gasteiger partial charge in [0.05, 0.1) is 0 Å². The fourth-order valence-electron chi connectivity index (χ4n) is 2.84. The van der Waals surface area contributed by atoms with Crippen molar-refractivity contribution in [2.45, 2.75) is 39.2 Å². The topological polar surface area (TPSA) is 53.5 Å². The third kappa shape index (κ3) is 2.88. The molecule has 2 heterocycles. The lowest BCUT2D eigenvalue weighted by atomic mass is 9.96. The average molecular weight is 275 g/mol. The van der Waals surface area contributed by atoms with Gasteiger partial charge >= 0.3 is 0 Å². The van der Waals surface area contributed by atoms with Gasteiger partial charge in [0.1, 0.15) is 5.82 Å². The van der Waals surface area contributed by atoms with Crippen molar-refractivity contribution in [3.8, 4) is 0 Å². The molecule has 0 bridgehead atoms. The highest BCUT2D eigenvalue weighted by Crippen LogP contribution is 2.34.